The number of amides is 2. The van der Waals surface area contributed by atoms with Crippen LogP contribution < -0.4 is 10.1 Å². The number of carbonyl (C=O) groups is 2. The summed E-state index contributed by atoms with van der Waals surface area (Å²) >= 11 is 0. The van der Waals surface area contributed by atoms with E-state index >= 15 is 0 Å². The molecule has 1 heterocycles. The van der Waals surface area contributed by atoms with Crippen molar-refractivity contribution in [3.63, 3.8) is 0 Å². The zero-order valence-electron chi connectivity index (χ0n) is 15.2. The van der Waals surface area contributed by atoms with Crippen LogP contribution in [0.25, 0.3) is 0 Å². The predicted molar refractivity (Wildman–Crippen MR) is 98.7 cm³/mol. The third-order valence-corrected chi connectivity index (χ3v) is 4.36. The average Bonchev–Trinajstić information content (AvgIpc) is 2.67. The van der Waals surface area contributed by atoms with Crippen molar-refractivity contribution in [2.75, 3.05) is 32.7 Å². The average molecular weight is 389 g/mol. The van der Waals surface area contributed by atoms with Gasteiger partial charge in [0, 0.05) is 38.8 Å². The summed E-state index contributed by atoms with van der Waals surface area (Å²) in [5.74, 6) is -1.11. The van der Waals surface area contributed by atoms with E-state index in [1.807, 2.05) is 11.0 Å². The number of hydrogen-bond donors (Lipinski definition) is 1. The summed E-state index contributed by atoms with van der Waals surface area (Å²) in [5, 5.41) is 2.65. The zero-order valence-corrected chi connectivity index (χ0v) is 15.2. The Bertz CT molecular complexity index is 804. The fraction of sp³-hybridized carbons (Fsp3) is 0.300. The van der Waals surface area contributed by atoms with Gasteiger partial charge in [-0.3, -0.25) is 9.69 Å². The molecule has 3 rings (SSSR count). The van der Waals surface area contributed by atoms with Crippen LogP contribution in [0.15, 0.2) is 48.5 Å². The van der Waals surface area contributed by atoms with E-state index in [9.17, 15) is 18.4 Å². The second kappa shape index (κ2) is 9.27. The molecule has 2 aromatic carbocycles. The van der Waals surface area contributed by atoms with Crippen molar-refractivity contribution >= 4 is 12.0 Å². The van der Waals surface area contributed by atoms with Crippen molar-refractivity contribution in [1.82, 2.24) is 15.1 Å². The van der Waals surface area contributed by atoms with Gasteiger partial charge in [0.1, 0.15) is 17.4 Å². The molecule has 148 valence electrons. The van der Waals surface area contributed by atoms with E-state index in [-0.39, 0.29) is 19.0 Å². The summed E-state index contributed by atoms with van der Waals surface area (Å²) in [6.45, 7) is 2.18. The van der Waals surface area contributed by atoms with Crippen molar-refractivity contribution in [3.8, 4) is 5.75 Å². The monoisotopic (exact) mass is 389 g/mol. The van der Waals surface area contributed by atoms with Crippen LogP contribution in [0, 0.1) is 11.6 Å². The van der Waals surface area contributed by atoms with E-state index in [1.54, 1.807) is 29.2 Å². The third-order valence-electron chi connectivity index (χ3n) is 4.36. The quantitative estimate of drug-likeness (QED) is 0.853. The van der Waals surface area contributed by atoms with Crippen molar-refractivity contribution in [3.05, 3.63) is 65.7 Å². The SMILES string of the molecule is O=C(CN1CCN(C(=O)Oc2ccccc2)CC1)NCc1cc(F)cc(F)c1. The van der Waals surface area contributed by atoms with Crippen molar-refractivity contribution in [2.45, 2.75) is 6.54 Å². The molecule has 1 N–H and O–H groups in total. The second-order valence-electron chi connectivity index (χ2n) is 6.50. The van der Waals surface area contributed by atoms with Gasteiger partial charge in [-0.15, -0.1) is 0 Å². The number of piperazine rings is 1. The Hall–Kier alpha value is -3.00. The van der Waals surface area contributed by atoms with Crippen LogP contribution in [0.3, 0.4) is 0 Å². The molecule has 0 radical (unpaired) electrons. The van der Waals surface area contributed by atoms with E-state index in [1.165, 1.54) is 12.1 Å². The third kappa shape index (κ3) is 5.75. The standard InChI is InChI=1S/C20H21F2N3O3/c21-16-10-15(11-17(22)12-16)13-23-19(26)14-24-6-8-25(9-7-24)20(27)28-18-4-2-1-3-5-18/h1-5,10-12H,6-9,13-14H2,(H,23,26). The molecule has 0 unspecified atom stereocenters. The largest absolute Gasteiger partial charge is 0.415 e. The summed E-state index contributed by atoms with van der Waals surface area (Å²) in [7, 11) is 0. The first-order valence-corrected chi connectivity index (χ1v) is 8.95. The van der Waals surface area contributed by atoms with Gasteiger partial charge in [-0.25, -0.2) is 13.6 Å². The minimum Gasteiger partial charge on any atom is -0.410 e. The molecule has 0 spiro atoms. The molecule has 1 aliphatic heterocycles. The predicted octanol–water partition coefficient (Wildman–Crippen LogP) is 2.40. The Kier molecular flexibility index (Phi) is 6.54. The number of rotatable bonds is 5. The fourth-order valence-electron chi connectivity index (χ4n) is 2.92. The molecule has 0 atom stereocenters. The van der Waals surface area contributed by atoms with Crippen molar-refractivity contribution in [2.24, 2.45) is 0 Å². The van der Waals surface area contributed by atoms with Gasteiger partial charge < -0.3 is 15.0 Å². The van der Waals surface area contributed by atoms with Crippen LogP contribution >= 0.6 is 0 Å². The smallest absolute Gasteiger partial charge is 0.410 e. The molecule has 1 fully saturated rings. The number of benzene rings is 2. The molecule has 2 amide bonds. The topological polar surface area (TPSA) is 61.9 Å². The molecular weight excluding hydrogens is 368 g/mol. The molecular formula is C20H21F2N3O3. The highest BCUT2D eigenvalue weighted by Crippen LogP contribution is 2.12. The first-order valence-electron chi connectivity index (χ1n) is 8.95. The minimum atomic E-state index is -0.678. The highest BCUT2D eigenvalue weighted by atomic mass is 19.1. The van der Waals surface area contributed by atoms with Gasteiger partial charge in [0.25, 0.3) is 0 Å². The highest BCUT2D eigenvalue weighted by Gasteiger charge is 2.23. The highest BCUT2D eigenvalue weighted by molar-refractivity contribution is 5.78. The number of nitrogens with zero attached hydrogens (tertiary/aromatic N) is 2. The lowest BCUT2D eigenvalue weighted by Gasteiger charge is -2.33. The van der Waals surface area contributed by atoms with Gasteiger partial charge in [-0.2, -0.15) is 0 Å². The summed E-state index contributed by atoms with van der Waals surface area (Å²) in [6, 6.07) is 12.0. The normalized spacial score (nSPS) is 14.6. The van der Waals surface area contributed by atoms with Crippen LogP contribution in [-0.4, -0.2) is 54.5 Å². The molecule has 0 saturated carbocycles. The van der Waals surface area contributed by atoms with E-state index in [4.69, 9.17) is 4.74 Å². The summed E-state index contributed by atoms with van der Waals surface area (Å²) < 4.78 is 31.6. The Labute approximate surface area is 161 Å². The van der Waals surface area contributed by atoms with E-state index in [2.05, 4.69) is 5.32 Å². The minimum absolute atomic E-state index is 0.0525. The first-order chi connectivity index (χ1) is 13.5. The van der Waals surface area contributed by atoms with E-state index in [0.29, 0.717) is 37.5 Å². The van der Waals surface area contributed by atoms with Gasteiger partial charge in [0.2, 0.25) is 5.91 Å². The molecule has 0 bridgehead atoms. The Morgan fingerprint density at radius 2 is 1.61 bits per heavy atom. The summed E-state index contributed by atoms with van der Waals surface area (Å²) in [4.78, 5) is 27.7. The van der Waals surface area contributed by atoms with Gasteiger partial charge in [-0.05, 0) is 29.8 Å². The number of carbonyl (C=O) groups excluding carboxylic acids is 2. The van der Waals surface area contributed by atoms with Crippen LogP contribution in [0.1, 0.15) is 5.56 Å². The maximum Gasteiger partial charge on any atom is 0.415 e. The van der Waals surface area contributed by atoms with Gasteiger partial charge >= 0.3 is 6.09 Å². The van der Waals surface area contributed by atoms with Crippen molar-refractivity contribution in [1.29, 1.82) is 0 Å². The van der Waals surface area contributed by atoms with E-state index in [0.717, 1.165) is 6.07 Å². The van der Waals surface area contributed by atoms with Gasteiger partial charge in [0.05, 0.1) is 6.54 Å². The molecule has 2 aromatic rings. The molecule has 6 nitrogen and oxygen atoms in total. The summed E-state index contributed by atoms with van der Waals surface area (Å²) in [5.41, 5.74) is 0.360. The van der Waals surface area contributed by atoms with Crippen LogP contribution in [-0.2, 0) is 11.3 Å². The Morgan fingerprint density at radius 3 is 2.25 bits per heavy atom. The molecule has 28 heavy (non-hydrogen) atoms. The number of halogens is 2. The number of hydrogen-bond acceptors (Lipinski definition) is 4. The first kappa shape index (κ1) is 19.8. The molecule has 0 aromatic heterocycles. The van der Waals surface area contributed by atoms with Crippen molar-refractivity contribution < 1.29 is 23.1 Å². The second-order valence-corrected chi connectivity index (χ2v) is 6.50. The Morgan fingerprint density at radius 1 is 0.964 bits per heavy atom. The number of ether oxygens (including phenoxy) is 1. The molecule has 8 heteroatoms. The number of para-hydroxylation sites is 1. The van der Waals surface area contributed by atoms with Crippen LogP contribution in [0.4, 0.5) is 13.6 Å². The van der Waals surface area contributed by atoms with Crippen LogP contribution in [0.5, 0.6) is 5.75 Å². The summed E-state index contributed by atoms with van der Waals surface area (Å²) in [6.07, 6.45) is -0.413. The number of nitrogens with one attached hydrogen (secondary N) is 1. The van der Waals surface area contributed by atoms with Gasteiger partial charge in [-0.1, -0.05) is 18.2 Å². The van der Waals surface area contributed by atoms with Crippen LogP contribution in [0.2, 0.25) is 0 Å². The maximum atomic E-state index is 13.2. The maximum absolute atomic E-state index is 13.2. The van der Waals surface area contributed by atoms with E-state index < -0.39 is 17.7 Å². The lowest BCUT2D eigenvalue weighted by atomic mass is 10.2. The fourth-order valence-corrected chi connectivity index (χ4v) is 2.92. The lowest BCUT2D eigenvalue weighted by Crippen LogP contribution is -2.51. The Balaban J connectivity index is 1.40. The molecule has 1 aliphatic rings. The molecule has 0 aliphatic carbocycles. The zero-order chi connectivity index (χ0) is 19.9. The van der Waals surface area contributed by atoms with Gasteiger partial charge in [0.15, 0.2) is 0 Å². The lowest BCUT2D eigenvalue weighted by molar-refractivity contribution is -0.122. The molecule has 1 saturated heterocycles.